The first kappa shape index (κ1) is 16.4. The van der Waals surface area contributed by atoms with E-state index in [1.165, 1.54) is 0 Å². The summed E-state index contributed by atoms with van der Waals surface area (Å²) < 4.78 is 28.3. The Morgan fingerprint density at radius 2 is 1.78 bits per heavy atom. The maximum Gasteiger partial charge on any atom is 0.218 e. The zero-order chi connectivity index (χ0) is 16.3. The van der Waals surface area contributed by atoms with Crippen molar-refractivity contribution >= 4 is 21.6 Å². The van der Waals surface area contributed by atoms with Gasteiger partial charge in [-0.1, -0.05) is 41.9 Å². The molecule has 1 aliphatic heterocycles. The predicted octanol–water partition coefficient (Wildman–Crippen LogP) is 1.64. The number of hydrogen-bond donors (Lipinski definition) is 0. The van der Waals surface area contributed by atoms with Crippen LogP contribution >= 0.6 is 11.6 Å². The molecule has 1 aliphatic rings. The highest BCUT2D eigenvalue weighted by molar-refractivity contribution is 7.88. The van der Waals surface area contributed by atoms with Crippen LogP contribution in [-0.4, -0.2) is 53.6 Å². The van der Waals surface area contributed by atoms with Crippen LogP contribution in [0.5, 0.6) is 0 Å². The van der Waals surface area contributed by atoms with Crippen LogP contribution in [0.15, 0.2) is 42.7 Å². The Morgan fingerprint density at radius 1 is 1.09 bits per heavy atom. The van der Waals surface area contributed by atoms with E-state index in [1.54, 1.807) is 21.4 Å². The second kappa shape index (κ2) is 7.00. The molecule has 0 atom stereocenters. The number of aromatic nitrogens is 2. The van der Waals surface area contributed by atoms with Crippen molar-refractivity contribution in [3.63, 3.8) is 0 Å². The lowest BCUT2D eigenvalue weighted by Crippen LogP contribution is -2.49. The van der Waals surface area contributed by atoms with Gasteiger partial charge in [0.2, 0.25) is 10.0 Å². The number of piperazine rings is 1. The lowest BCUT2D eigenvalue weighted by molar-refractivity contribution is 0.145. The van der Waals surface area contributed by atoms with E-state index in [1.807, 2.05) is 30.3 Å². The molecule has 0 aliphatic carbocycles. The van der Waals surface area contributed by atoms with Crippen molar-refractivity contribution in [3.05, 3.63) is 53.3 Å². The first-order valence-corrected chi connectivity index (χ1v) is 9.44. The standard InChI is InChI=1S/C15H19ClN4O2S/c16-15-10-17-19(11-15)13-18-6-8-20(9-7-18)23(21,22)12-14-4-2-1-3-5-14/h1-5,10-11H,6-9,12-13H2. The van der Waals surface area contributed by atoms with Gasteiger partial charge in [0, 0.05) is 32.4 Å². The highest BCUT2D eigenvalue weighted by Crippen LogP contribution is 2.14. The van der Waals surface area contributed by atoms with Crippen LogP contribution in [0.25, 0.3) is 0 Å². The third kappa shape index (κ3) is 4.32. The molecule has 6 nitrogen and oxygen atoms in total. The Balaban J connectivity index is 1.55. The molecule has 0 saturated carbocycles. The average molecular weight is 355 g/mol. The molecule has 0 bridgehead atoms. The highest BCUT2D eigenvalue weighted by Gasteiger charge is 2.27. The van der Waals surface area contributed by atoms with Gasteiger partial charge in [-0.15, -0.1) is 0 Å². The molecule has 2 aromatic rings. The second-order valence-corrected chi connectivity index (χ2v) is 8.00. The maximum atomic E-state index is 12.5. The first-order chi connectivity index (χ1) is 11.0. The fourth-order valence-corrected chi connectivity index (χ4v) is 4.32. The Labute approximate surface area is 141 Å². The fourth-order valence-electron chi connectivity index (χ4n) is 2.65. The van der Waals surface area contributed by atoms with Crippen molar-refractivity contribution in [2.45, 2.75) is 12.4 Å². The predicted molar refractivity (Wildman–Crippen MR) is 89.4 cm³/mol. The summed E-state index contributed by atoms with van der Waals surface area (Å²) in [6.45, 7) is 3.00. The van der Waals surface area contributed by atoms with Gasteiger partial charge in [-0.3, -0.25) is 9.58 Å². The summed E-state index contributed by atoms with van der Waals surface area (Å²) in [6.07, 6.45) is 3.36. The molecule has 23 heavy (non-hydrogen) atoms. The minimum atomic E-state index is -3.27. The van der Waals surface area contributed by atoms with Crippen LogP contribution < -0.4 is 0 Å². The van der Waals surface area contributed by atoms with E-state index in [0.717, 1.165) is 5.56 Å². The molecule has 0 unspecified atom stereocenters. The number of hydrogen-bond acceptors (Lipinski definition) is 4. The summed E-state index contributed by atoms with van der Waals surface area (Å²) in [6, 6.07) is 9.29. The monoisotopic (exact) mass is 354 g/mol. The van der Waals surface area contributed by atoms with E-state index in [0.29, 0.717) is 37.9 Å². The van der Waals surface area contributed by atoms with Crippen LogP contribution in [-0.2, 0) is 22.4 Å². The number of nitrogens with zero attached hydrogens (tertiary/aromatic N) is 4. The van der Waals surface area contributed by atoms with Crippen LogP contribution in [0.1, 0.15) is 5.56 Å². The zero-order valence-electron chi connectivity index (χ0n) is 12.7. The Hall–Kier alpha value is -1.41. The SMILES string of the molecule is O=S(=O)(Cc1ccccc1)N1CCN(Cn2cc(Cl)cn2)CC1. The molecule has 3 rings (SSSR count). The van der Waals surface area contributed by atoms with E-state index in [4.69, 9.17) is 11.6 Å². The van der Waals surface area contributed by atoms with E-state index in [2.05, 4.69) is 10.00 Å². The third-order valence-corrected chi connectivity index (χ3v) is 5.91. The summed E-state index contributed by atoms with van der Waals surface area (Å²) in [4.78, 5) is 2.16. The van der Waals surface area contributed by atoms with Gasteiger partial charge in [-0.05, 0) is 5.56 Å². The van der Waals surface area contributed by atoms with Crippen molar-refractivity contribution in [2.75, 3.05) is 26.2 Å². The van der Waals surface area contributed by atoms with Gasteiger partial charge in [-0.2, -0.15) is 9.40 Å². The first-order valence-electron chi connectivity index (χ1n) is 7.45. The second-order valence-electron chi connectivity index (χ2n) is 5.60. The van der Waals surface area contributed by atoms with Crippen LogP contribution in [0.3, 0.4) is 0 Å². The van der Waals surface area contributed by atoms with Crippen LogP contribution in [0.4, 0.5) is 0 Å². The quantitative estimate of drug-likeness (QED) is 0.819. The molecule has 2 heterocycles. The molecular formula is C15H19ClN4O2S. The molecule has 0 radical (unpaired) electrons. The number of rotatable bonds is 5. The van der Waals surface area contributed by atoms with Crippen molar-refractivity contribution in [2.24, 2.45) is 0 Å². The van der Waals surface area contributed by atoms with Gasteiger partial charge in [0.05, 0.1) is 23.6 Å². The largest absolute Gasteiger partial charge is 0.282 e. The van der Waals surface area contributed by atoms with E-state index in [-0.39, 0.29) is 5.75 Å². The van der Waals surface area contributed by atoms with Gasteiger partial charge in [0.25, 0.3) is 0 Å². The van der Waals surface area contributed by atoms with Crippen LogP contribution in [0, 0.1) is 0 Å². The Kier molecular flexibility index (Phi) is 5.01. The molecule has 1 aromatic carbocycles. The van der Waals surface area contributed by atoms with Gasteiger partial charge >= 0.3 is 0 Å². The zero-order valence-corrected chi connectivity index (χ0v) is 14.2. The molecule has 1 fully saturated rings. The summed E-state index contributed by atoms with van der Waals surface area (Å²) in [7, 11) is -3.27. The molecular weight excluding hydrogens is 336 g/mol. The van der Waals surface area contributed by atoms with Crippen molar-refractivity contribution in [3.8, 4) is 0 Å². The normalized spacial score (nSPS) is 17.4. The molecule has 1 saturated heterocycles. The number of sulfonamides is 1. The average Bonchev–Trinajstić information content (AvgIpc) is 2.93. The van der Waals surface area contributed by atoms with Gasteiger partial charge < -0.3 is 0 Å². The fraction of sp³-hybridized carbons (Fsp3) is 0.400. The number of benzene rings is 1. The molecule has 124 valence electrons. The van der Waals surface area contributed by atoms with Gasteiger partial charge in [0.15, 0.2) is 0 Å². The highest BCUT2D eigenvalue weighted by atomic mass is 35.5. The molecule has 8 heteroatoms. The summed E-state index contributed by atoms with van der Waals surface area (Å²) >= 11 is 5.85. The minimum absolute atomic E-state index is 0.0581. The van der Waals surface area contributed by atoms with Gasteiger partial charge in [0.1, 0.15) is 0 Å². The third-order valence-electron chi connectivity index (χ3n) is 3.86. The lowest BCUT2D eigenvalue weighted by atomic mass is 10.2. The smallest absolute Gasteiger partial charge is 0.218 e. The Bertz CT molecular complexity index is 740. The summed E-state index contributed by atoms with van der Waals surface area (Å²) in [5.41, 5.74) is 0.820. The molecule has 1 aromatic heterocycles. The summed E-state index contributed by atoms with van der Waals surface area (Å²) in [5.74, 6) is 0.0581. The number of halogens is 1. The lowest BCUT2D eigenvalue weighted by Gasteiger charge is -2.33. The molecule has 0 amide bonds. The molecule has 0 spiro atoms. The minimum Gasteiger partial charge on any atom is -0.282 e. The van der Waals surface area contributed by atoms with Gasteiger partial charge in [-0.25, -0.2) is 8.42 Å². The topological polar surface area (TPSA) is 58.4 Å². The van der Waals surface area contributed by atoms with E-state index >= 15 is 0 Å². The molecule has 0 N–H and O–H groups in total. The summed E-state index contributed by atoms with van der Waals surface area (Å²) in [5, 5.41) is 4.75. The van der Waals surface area contributed by atoms with E-state index in [9.17, 15) is 8.42 Å². The van der Waals surface area contributed by atoms with Crippen LogP contribution in [0.2, 0.25) is 5.02 Å². The van der Waals surface area contributed by atoms with E-state index < -0.39 is 10.0 Å². The van der Waals surface area contributed by atoms with Crippen molar-refractivity contribution in [1.29, 1.82) is 0 Å². The van der Waals surface area contributed by atoms with Crippen molar-refractivity contribution < 1.29 is 8.42 Å². The maximum absolute atomic E-state index is 12.5. The van der Waals surface area contributed by atoms with Crippen molar-refractivity contribution in [1.82, 2.24) is 19.0 Å². The Morgan fingerprint density at radius 3 is 2.39 bits per heavy atom.